The van der Waals surface area contributed by atoms with E-state index in [-0.39, 0.29) is 12.5 Å². The highest BCUT2D eigenvalue weighted by atomic mass is 35.5. The molecule has 0 saturated heterocycles. The van der Waals surface area contributed by atoms with Crippen LogP contribution in [0.1, 0.15) is 24.6 Å². The zero-order chi connectivity index (χ0) is 12.4. The average molecular weight is 255 g/mol. The molecule has 0 aliphatic heterocycles. The predicted octanol–water partition coefficient (Wildman–Crippen LogP) is 1.19. The largest absolute Gasteiger partial charge is 0.358 e. The van der Waals surface area contributed by atoms with Crippen molar-refractivity contribution in [3.8, 4) is 0 Å². The summed E-state index contributed by atoms with van der Waals surface area (Å²) < 4.78 is 0. The summed E-state index contributed by atoms with van der Waals surface area (Å²) in [6.45, 7) is 0.258. The summed E-state index contributed by atoms with van der Waals surface area (Å²) >= 11 is 5.96. The predicted molar refractivity (Wildman–Crippen MR) is 66.4 cm³/mol. The quantitative estimate of drug-likeness (QED) is 0.820. The smallest absolute Gasteiger partial charge is 0.239 e. The van der Waals surface area contributed by atoms with Crippen molar-refractivity contribution in [1.82, 2.24) is 15.3 Å². The molecule has 92 valence electrons. The van der Waals surface area contributed by atoms with Crippen molar-refractivity contribution < 1.29 is 4.79 Å². The van der Waals surface area contributed by atoms with Gasteiger partial charge in [0.05, 0.1) is 6.54 Å². The van der Waals surface area contributed by atoms with Crippen LogP contribution in [0.5, 0.6) is 0 Å². The molecule has 2 rings (SSSR count). The molecule has 1 aliphatic rings. The molecule has 6 heteroatoms. The first-order valence-corrected chi connectivity index (χ1v) is 5.94. The molecule has 1 saturated carbocycles. The van der Waals surface area contributed by atoms with Crippen LogP contribution in [-0.2, 0) is 4.79 Å². The fourth-order valence-electron chi connectivity index (χ4n) is 1.52. The molecule has 1 aromatic heterocycles. The van der Waals surface area contributed by atoms with Gasteiger partial charge in [0, 0.05) is 26.1 Å². The van der Waals surface area contributed by atoms with Gasteiger partial charge in [-0.05, 0) is 12.8 Å². The number of hydrogen-bond donors (Lipinski definition) is 1. The van der Waals surface area contributed by atoms with Gasteiger partial charge >= 0.3 is 0 Å². The normalized spacial score (nSPS) is 14.5. The molecule has 1 fully saturated rings. The standard InChI is InChI=1S/C11H15ClN4O/c1-13-10(17)6-16(2)9-5-8(12)14-11(15-9)7-3-4-7/h5,7H,3-4,6H2,1-2H3,(H,13,17). The molecular weight excluding hydrogens is 240 g/mol. The number of likely N-dealkylation sites (N-methyl/N-ethyl adjacent to an activating group) is 2. The molecule has 5 nitrogen and oxygen atoms in total. The van der Waals surface area contributed by atoms with Gasteiger partial charge in [-0.25, -0.2) is 9.97 Å². The summed E-state index contributed by atoms with van der Waals surface area (Å²) in [5.41, 5.74) is 0. The fraction of sp³-hybridized carbons (Fsp3) is 0.545. The summed E-state index contributed by atoms with van der Waals surface area (Å²) in [5.74, 6) is 1.86. The van der Waals surface area contributed by atoms with Crippen LogP contribution >= 0.6 is 11.6 Å². The van der Waals surface area contributed by atoms with E-state index in [4.69, 9.17) is 11.6 Å². The Hall–Kier alpha value is -1.36. The van der Waals surface area contributed by atoms with E-state index in [1.54, 1.807) is 18.0 Å². The van der Waals surface area contributed by atoms with Crippen molar-refractivity contribution >= 4 is 23.3 Å². The molecule has 1 heterocycles. The zero-order valence-electron chi connectivity index (χ0n) is 9.90. The Morgan fingerprint density at radius 3 is 2.88 bits per heavy atom. The molecule has 0 aromatic carbocycles. The third-order valence-electron chi connectivity index (χ3n) is 2.69. The maximum Gasteiger partial charge on any atom is 0.239 e. The molecule has 1 N–H and O–H groups in total. The number of aromatic nitrogens is 2. The van der Waals surface area contributed by atoms with Crippen LogP contribution in [-0.4, -0.2) is 36.5 Å². The minimum absolute atomic E-state index is 0.0600. The summed E-state index contributed by atoms with van der Waals surface area (Å²) in [7, 11) is 3.42. The first kappa shape index (κ1) is 12.1. The minimum Gasteiger partial charge on any atom is -0.358 e. The Labute approximate surface area is 105 Å². The molecule has 0 atom stereocenters. The third-order valence-corrected chi connectivity index (χ3v) is 2.89. The van der Waals surface area contributed by atoms with Crippen molar-refractivity contribution in [3.63, 3.8) is 0 Å². The van der Waals surface area contributed by atoms with Gasteiger partial charge in [0.15, 0.2) is 0 Å². The van der Waals surface area contributed by atoms with E-state index in [0.29, 0.717) is 16.9 Å². The van der Waals surface area contributed by atoms with E-state index in [1.807, 2.05) is 7.05 Å². The molecule has 0 spiro atoms. The number of nitrogens with zero attached hydrogens (tertiary/aromatic N) is 3. The van der Waals surface area contributed by atoms with Gasteiger partial charge in [-0.3, -0.25) is 4.79 Å². The van der Waals surface area contributed by atoms with Gasteiger partial charge < -0.3 is 10.2 Å². The van der Waals surface area contributed by atoms with Gasteiger partial charge in [0.1, 0.15) is 16.8 Å². The number of carbonyl (C=O) groups is 1. The number of anilines is 1. The van der Waals surface area contributed by atoms with Gasteiger partial charge in [-0.1, -0.05) is 11.6 Å². The van der Waals surface area contributed by atoms with Crippen molar-refractivity contribution in [2.45, 2.75) is 18.8 Å². The number of halogens is 1. The number of rotatable bonds is 4. The Bertz CT molecular complexity index is 433. The van der Waals surface area contributed by atoms with Crippen LogP contribution in [0.25, 0.3) is 0 Å². The maximum atomic E-state index is 11.3. The summed E-state index contributed by atoms with van der Waals surface area (Å²) in [4.78, 5) is 21.7. The average Bonchev–Trinajstić information content (AvgIpc) is 3.11. The lowest BCUT2D eigenvalue weighted by atomic mass is 10.4. The van der Waals surface area contributed by atoms with E-state index in [0.717, 1.165) is 18.7 Å². The highest BCUT2D eigenvalue weighted by Gasteiger charge is 2.27. The van der Waals surface area contributed by atoms with Gasteiger partial charge in [-0.15, -0.1) is 0 Å². The van der Waals surface area contributed by atoms with Gasteiger partial charge in [0.25, 0.3) is 0 Å². The van der Waals surface area contributed by atoms with E-state index < -0.39 is 0 Å². The minimum atomic E-state index is -0.0600. The van der Waals surface area contributed by atoms with Crippen molar-refractivity contribution in [1.29, 1.82) is 0 Å². The van der Waals surface area contributed by atoms with Crippen molar-refractivity contribution in [2.75, 3.05) is 25.5 Å². The second-order valence-corrected chi connectivity index (χ2v) is 4.60. The monoisotopic (exact) mass is 254 g/mol. The molecule has 1 aliphatic carbocycles. The topological polar surface area (TPSA) is 58.1 Å². The second kappa shape index (κ2) is 4.87. The van der Waals surface area contributed by atoms with E-state index >= 15 is 0 Å². The van der Waals surface area contributed by atoms with Crippen molar-refractivity contribution in [3.05, 3.63) is 17.0 Å². The maximum absolute atomic E-state index is 11.3. The first-order valence-electron chi connectivity index (χ1n) is 5.56. The number of nitrogens with one attached hydrogen (secondary N) is 1. The van der Waals surface area contributed by atoms with Gasteiger partial charge in [-0.2, -0.15) is 0 Å². The van der Waals surface area contributed by atoms with Crippen LogP contribution < -0.4 is 10.2 Å². The Balaban J connectivity index is 2.16. The molecule has 1 aromatic rings. The Kier molecular flexibility index (Phi) is 3.47. The first-order chi connectivity index (χ1) is 8.10. The fourth-order valence-corrected chi connectivity index (χ4v) is 1.70. The lowest BCUT2D eigenvalue weighted by Crippen LogP contribution is -2.33. The van der Waals surface area contributed by atoms with Crippen molar-refractivity contribution in [2.24, 2.45) is 0 Å². The third kappa shape index (κ3) is 3.06. The van der Waals surface area contributed by atoms with E-state index in [2.05, 4.69) is 15.3 Å². The molecule has 1 amide bonds. The Morgan fingerprint density at radius 1 is 1.59 bits per heavy atom. The van der Waals surface area contributed by atoms with E-state index in [9.17, 15) is 4.79 Å². The molecule has 0 radical (unpaired) electrons. The SMILES string of the molecule is CNC(=O)CN(C)c1cc(Cl)nc(C2CC2)n1. The summed E-state index contributed by atoms with van der Waals surface area (Å²) in [6, 6.07) is 1.68. The number of amides is 1. The lowest BCUT2D eigenvalue weighted by Gasteiger charge is -2.17. The zero-order valence-corrected chi connectivity index (χ0v) is 10.7. The summed E-state index contributed by atoms with van der Waals surface area (Å²) in [6.07, 6.45) is 2.25. The molecule has 0 bridgehead atoms. The Morgan fingerprint density at radius 2 is 2.29 bits per heavy atom. The van der Waals surface area contributed by atoms with Crippen LogP contribution in [0.2, 0.25) is 5.15 Å². The van der Waals surface area contributed by atoms with Crippen LogP contribution in [0.3, 0.4) is 0 Å². The second-order valence-electron chi connectivity index (χ2n) is 4.21. The molecular formula is C11H15ClN4O. The lowest BCUT2D eigenvalue weighted by molar-refractivity contribution is -0.119. The highest BCUT2D eigenvalue weighted by Crippen LogP contribution is 2.38. The number of carbonyl (C=O) groups excluding carboxylic acids is 1. The molecule has 0 unspecified atom stereocenters. The number of hydrogen-bond acceptors (Lipinski definition) is 4. The van der Waals surface area contributed by atoms with Crippen LogP contribution in [0.15, 0.2) is 6.07 Å². The molecule has 17 heavy (non-hydrogen) atoms. The van der Waals surface area contributed by atoms with Gasteiger partial charge in [0.2, 0.25) is 5.91 Å². The summed E-state index contributed by atoms with van der Waals surface area (Å²) in [5, 5.41) is 3.00. The van der Waals surface area contributed by atoms with Crippen LogP contribution in [0, 0.1) is 0 Å². The van der Waals surface area contributed by atoms with E-state index in [1.165, 1.54) is 0 Å². The highest BCUT2D eigenvalue weighted by molar-refractivity contribution is 6.29. The van der Waals surface area contributed by atoms with Crippen LogP contribution in [0.4, 0.5) is 5.82 Å².